The Morgan fingerprint density at radius 2 is 1.82 bits per heavy atom. The van der Waals surface area contributed by atoms with Crippen molar-refractivity contribution in [1.82, 2.24) is 0 Å². The Morgan fingerprint density at radius 1 is 1.18 bits per heavy atom. The molecule has 1 aliphatic rings. The van der Waals surface area contributed by atoms with E-state index in [9.17, 15) is 0 Å². The highest BCUT2D eigenvalue weighted by Gasteiger charge is 2.26. The van der Waals surface area contributed by atoms with Crippen molar-refractivity contribution >= 4 is 11.6 Å². The van der Waals surface area contributed by atoms with Crippen LogP contribution in [0.25, 0.3) is 0 Å². The number of rotatable bonds is 1. The second-order valence-corrected chi connectivity index (χ2v) is 5.03. The van der Waals surface area contributed by atoms with Crippen LogP contribution >= 0.6 is 11.6 Å². The molecule has 0 aromatic heterocycles. The minimum Gasteiger partial charge on any atom is -0.123 e. The Morgan fingerprint density at radius 3 is 2.27 bits per heavy atom. The summed E-state index contributed by atoms with van der Waals surface area (Å²) in [6.45, 7) is 6.95. The van der Waals surface area contributed by atoms with E-state index in [0.29, 0.717) is 5.38 Å². The van der Waals surface area contributed by atoms with Crippen molar-refractivity contribution in [1.29, 1.82) is 0 Å². The van der Waals surface area contributed by atoms with Crippen molar-refractivity contribution in [2.24, 2.45) is 17.8 Å². The maximum absolute atomic E-state index is 6.15. The zero-order valence-electron chi connectivity index (χ0n) is 7.81. The molecule has 0 spiro atoms. The molecular formula is C10H19Cl. The number of hydrogen-bond acceptors (Lipinski definition) is 0. The fourth-order valence-electron chi connectivity index (χ4n) is 2.11. The van der Waals surface area contributed by atoms with Gasteiger partial charge in [0, 0.05) is 5.38 Å². The van der Waals surface area contributed by atoms with Crippen LogP contribution < -0.4 is 0 Å². The van der Waals surface area contributed by atoms with Crippen LogP contribution in [-0.4, -0.2) is 5.38 Å². The summed E-state index contributed by atoms with van der Waals surface area (Å²) in [4.78, 5) is 0. The van der Waals surface area contributed by atoms with E-state index in [1.807, 2.05) is 0 Å². The second-order valence-electron chi connectivity index (χ2n) is 4.41. The van der Waals surface area contributed by atoms with Crippen LogP contribution in [0.3, 0.4) is 0 Å². The Balaban J connectivity index is 2.43. The standard InChI is InChI=1S/C10H19Cl/c1-7(2)9-4-8(3)5-10(11)6-9/h7-10H,4-6H2,1-3H3. The lowest BCUT2D eigenvalue weighted by Gasteiger charge is -2.32. The van der Waals surface area contributed by atoms with Crippen molar-refractivity contribution in [2.75, 3.05) is 0 Å². The average Bonchev–Trinajstić information content (AvgIpc) is 1.85. The molecule has 0 amide bonds. The van der Waals surface area contributed by atoms with Crippen LogP contribution in [-0.2, 0) is 0 Å². The van der Waals surface area contributed by atoms with Gasteiger partial charge in [-0.2, -0.15) is 0 Å². The van der Waals surface area contributed by atoms with Crippen LogP contribution in [0.2, 0.25) is 0 Å². The highest BCUT2D eigenvalue weighted by molar-refractivity contribution is 6.20. The summed E-state index contributed by atoms with van der Waals surface area (Å²) in [6, 6.07) is 0. The maximum atomic E-state index is 6.15. The van der Waals surface area contributed by atoms with Crippen molar-refractivity contribution < 1.29 is 0 Å². The third kappa shape index (κ3) is 2.66. The number of alkyl halides is 1. The van der Waals surface area contributed by atoms with Gasteiger partial charge < -0.3 is 0 Å². The fraction of sp³-hybridized carbons (Fsp3) is 1.00. The van der Waals surface area contributed by atoms with Gasteiger partial charge in [0.2, 0.25) is 0 Å². The van der Waals surface area contributed by atoms with Gasteiger partial charge in [-0.15, -0.1) is 11.6 Å². The summed E-state index contributed by atoms with van der Waals surface area (Å²) in [6.07, 6.45) is 3.86. The third-order valence-corrected chi connectivity index (χ3v) is 3.22. The number of hydrogen-bond donors (Lipinski definition) is 0. The molecule has 11 heavy (non-hydrogen) atoms. The number of halogens is 1. The van der Waals surface area contributed by atoms with E-state index in [1.54, 1.807) is 0 Å². The Hall–Kier alpha value is 0.290. The fourth-order valence-corrected chi connectivity index (χ4v) is 2.65. The van der Waals surface area contributed by atoms with Gasteiger partial charge in [-0.3, -0.25) is 0 Å². The van der Waals surface area contributed by atoms with E-state index in [-0.39, 0.29) is 0 Å². The molecule has 0 nitrogen and oxygen atoms in total. The molecule has 1 rings (SSSR count). The summed E-state index contributed by atoms with van der Waals surface area (Å²) >= 11 is 6.15. The van der Waals surface area contributed by atoms with Crippen molar-refractivity contribution in [3.8, 4) is 0 Å². The zero-order valence-corrected chi connectivity index (χ0v) is 8.56. The predicted octanol–water partition coefficient (Wildman–Crippen LogP) is 3.69. The summed E-state index contributed by atoms with van der Waals surface area (Å²) < 4.78 is 0. The van der Waals surface area contributed by atoms with E-state index in [4.69, 9.17) is 11.6 Å². The van der Waals surface area contributed by atoms with Gasteiger partial charge in [-0.25, -0.2) is 0 Å². The summed E-state index contributed by atoms with van der Waals surface area (Å²) in [5, 5.41) is 0.450. The minimum absolute atomic E-state index is 0.450. The maximum Gasteiger partial charge on any atom is 0.0341 e. The Kier molecular flexibility index (Phi) is 3.24. The van der Waals surface area contributed by atoms with E-state index >= 15 is 0 Å². The molecule has 1 fully saturated rings. The quantitative estimate of drug-likeness (QED) is 0.532. The van der Waals surface area contributed by atoms with E-state index in [0.717, 1.165) is 17.8 Å². The van der Waals surface area contributed by atoms with Gasteiger partial charge in [-0.1, -0.05) is 20.8 Å². The monoisotopic (exact) mass is 174 g/mol. The molecule has 0 N–H and O–H groups in total. The first-order chi connectivity index (χ1) is 5.09. The molecule has 0 bridgehead atoms. The summed E-state index contributed by atoms with van der Waals surface area (Å²) in [7, 11) is 0. The predicted molar refractivity (Wildman–Crippen MR) is 51.0 cm³/mol. The molecule has 0 aromatic rings. The lowest BCUT2D eigenvalue weighted by Crippen LogP contribution is -2.24. The molecular weight excluding hydrogens is 156 g/mol. The third-order valence-electron chi connectivity index (χ3n) is 2.86. The van der Waals surface area contributed by atoms with Crippen LogP contribution in [0.1, 0.15) is 40.0 Å². The molecule has 0 aromatic carbocycles. The Bertz CT molecular complexity index is 110. The highest BCUT2D eigenvalue weighted by Crippen LogP contribution is 2.35. The average molecular weight is 175 g/mol. The molecule has 0 heterocycles. The van der Waals surface area contributed by atoms with Crippen LogP contribution in [0.4, 0.5) is 0 Å². The molecule has 1 heteroatoms. The van der Waals surface area contributed by atoms with Gasteiger partial charge in [0.15, 0.2) is 0 Å². The summed E-state index contributed by atoms with van der Waals surface area (Å²) in [5.74, 6) is 2.54. The highest BCUT2D eigenvalue weighted by atomic mass is 35.5. The van der Waals surface area contributed by atoms with E-state index in [2.05, 4.69) is 20.8 Å². The second kappa shape index (κ2) is 3.80. The molecule has 3 atom stereocenters. The van der Waals surface area contributed by atoms with Crippen molar-refractivity contribution in [2.45, 2.75) is 45.4 Å². The van der Waals surface area contributed by atoms with Gasteiger partial charge in [0.05, 0.1) is 0 Å². The molecule has 1 aliphatic carbocycles. The molecule has 0 saturated heterocycles. The molecule has 0 aliphatic heterocycles. The zero-order chi connectivity index (χ0) is 8.43. The molecule has 0 radical (unpaired) electrons. The van der Waals surface area contributed by atoms with E-state index in [1.165, 1.54) is 19.3 Å². The lowest BCUT2D eigenvalue weighted by atomic mass is 9.77. The van der Waals surface area contributed by atoms with Crippen LogP contribution in [0.15, 0.2) is 0 Å². The normalized spacial score (nSPS) is 39.5. The first-order valence-electron chi connectivity index (χ1n) is 4.73. The van der Waals surface area contributed by atoms with Crippen molar-refractivity contribution in [3.05, 3.63) is 0 Å². The van der Waals surface area contributed by atoms with Gasteiger partial charge in [-0.05, 0) is 37.0 Å². The van der Waals surface area contributed by atoms with Gasteiger partial charge in [0.25, 0.3) is 0 Å². The molecule has 66 valence electrons. The van der Waals surface area contributed by atoms with Crippen LogP contribution in [0, 0.1) is 17.8 Å². The first kappa shape index (κ1) is 9.38. The van der Waals surface area contributed by atoms with Crippen molar-refractivity contribution in [3.63, 3.8) is 0 Å². The largest absolute Gasteiger partial charge is 0.123 e. The smallest absolute Gasteiger partial charge is 0.0341 e. The first-order valence-corrected chi connectivity index (χ1v) is 5.17. The SMILES string of the molecule is CC1CC(Cl)CC(C(C)C)C1. The molecule has 3 unspecified atom stereocenters. The van der Waals surface area contributed by atoms with Gasteiger partial charge in [0.1, 0.15) is 0 Å². The minimum atomic E-state index is 0.450. The lowest BCUT2D eigenvalue weighted by molar-refractivity contribution is 0.230. The Labute approximate surface area is 75.3 Å². The molecule has 1 saturated carbocycles. The topological polar surface area (TPSA) is 0 Å². The van der Waals surface area contributed by atoms with Crippen LogP contribution in [0.5, 0.6) is 0 Å². The summed E-state index contributed by atoms with van der Waals surface area (Å²) in [5.41, 5.74) is 0. The van der Waals surface area contributed by atoms with Gasteiger partial charge >= 0.3 is 0 Å². The van der Waals surface area contributed by atoms with E-state index < -0.39 is 0 Å².